The van der Waals surface area contributed by atoms with Gasteiger partial charge in [-0.3, -0.25) is 0 Å². The number of aromatic nitrogens is 2. The van der Waals surface area contributed by atoms with Crippen molar-refractivity contribution in [2.75, 3.05) is 0 Å². The molecule has 0 aliphatic carbocycles. The Morgan fingerprint density at radius 1 is 0.893 bits per heavy atom. The Balaban J connectivity index is 1.80. The number of hydrogen-bond acceptors (Lipinski definition) is 2. The Morgan fingerprint density at radius 2 is 1.54 bits per heavy atom. The minimum Gasteiger partial charge on any atom is -0.302 e. The zero-order valence-electron chi connectivity index (χ0n) is 16.1. The molecule has 0 aliphatic rings. The normalized spacial score (nSPS) is 14.2. The molecule has 1 N–H and O–H groups in total. The molecule has 3 rings (SSSR count). The molecule has 2 atom stereocenters. The van der Waals surface area contributed by atoms with Crippen molar-refractivity contribution in [3.05, 3.63) is 83.7 Å². The van der Waals surface area contributed by atoms with Gasteiger partial charge in [0.15, 0.2) is 0 Å². The average Bonchev–Trinajstić information content (AvgIpc) is 3.15. The summed E-state index contributed by atoms with van der Waals surface area (Å²) in [4.78, 5) is 0. The fourth-order valence-corrected chi connectivity index (χ4v) is 3.18. The molecule has 3 aromatic rings. The predicted octanol–water partition coefficient (Wildman–Crippen LogP) is 5.94. The lowest BCUT2D eigenvalue weighted by Gasteiger charge is -2.25. The van der Waals surface area contributed by atoms with Crippen molar-refractivity contribution < 1.29 is 13.2 Å². The van der Waals surface area contributed by atoms with Gasteiger partial charge in [-0.15, -0.1) is 0 Å². The predicted molar refractivity (Wildman–Crippen MR) is 104 cm³/mol. The van der Waals surface area contributed by atoms with E-state index in [1.807, 2.05) is 24.3 Å². The van der Waals surface area contributed by atoms with E-state index in [4.69, 9.17) is 0 Å². The van der Waals surface area contributed by atoms with E-state index in [0.29, 0.717) is 11.6 Å². The first-order valence-corrected chi connectivity index (χ1v) is 9.30. The van der Waals surface area contributed by atoms with Gasteiger partial charge in [0.1, 0.15) is 0 Å². The van der Waals surface area contributed by atoms with Crippen molar-refractivity contribution in [1.29, 1.82) is 0 Å². The molecule has 2 aromatic carbocycles. The monoisotopic (exact) mass is 387 g/mol. The van der Waals surface area contributed by atoms with Crippen LogP contribution in [-0.2, 0) is 6.18 Å². The molecular weight excluding hydrogens is 363 g/mol. The van der Waals surface area contributed by atoms with Crippen LogP contribution in [0.25, 0.3) is 5.69 Å². The molecule has 3 nitrogen and oxygen atoms in total. The molecule has 0 saturated heterocycles. The topological polar surface area (TPSA) is 29.9 Å². The Kier molecular flexibility index (Phi) is 5.89. The fraction of sp³-hybridized carbons (Fsp3) is 0.318. The van der Waals surface area contributed by atoms with E-state index in [2.05, 4.69) is 43.3 Å². The standard InChI is InChI=1S/C22H24F3N3/c1-15(2)21(26-16(3)17-7-5-4-6-8-17)20-13-14-28(27-20)19-11-9-18(10-12-19)22(23,24)25/h4-16,21,26H,1-3H3/t16?,21-/m1/s1. The molecule has 148 valence electrons. The molecule has 1 heterocycles. The Bertz CT molecular complexity index is 883. The Morgan fingerprint density at radius 3 is 2.11 bits per heavy atom. The van der Waals surface area contributed by atoms with E-state index in [-0.39, 0.29) is 12.1 Å². The van der Waals surface area contributed by atoms with Crippen molar-refractivity contribution in [2.45, 2.75) is 39.0 Å². The van der Waals surface area contributed by atoms with Gasteiger partial charge in [-0.2, -0.15) is 18.3 Å². The van der Waals surface area contributed by atoms with Crippen LogP contribution < -0.4 is 5.32 Å². The van der Waals surface area contributed by atoms with E-state index in [1.54, 1.807) is 10.9 Å². The second-order valence-corrected chi connectivity index (χ2v) is 7.25. The van der Waals surface area contributed by atoms with Crippen LogP contribution in [0.5, 0.6) is 0 Å². The Hall–Kier alpha value is -2.60. The average molecular weight is 387 g/mol. The summed E-state index contributed by atoms with van der Waals surface area (Å²) in [6.45, 7) is 6.34. The van der Waals surface area contributed by atoms with Gasteiger partial charge in [0.2, 0.25) is 0 Å². The zero-order chi connectivity index (χ0) is 20.3. The van der Waals surface area contributed by atoms with Gasteiger partial charge in [-0.05, 0) is 48.7 Å². The minimum atomic E-state index is -4.34. The van der Waals surface area contributed by atoms with E-state index >= 15 is 0 Å². The highest BCUT2D eigenvalue weighted by molar-refractivity contribution is 5.35. The van der Waals surface area contributed by atoms with Crippen LogP contribution in [0, 0.1) is 5.92 Å². The molecule has 6 heteroatoms. The maximum absolute atomic E-state index is 12.8. The van der Waals surface area contributed by atoms with E-state index in [9.17, 15) is 13.2 Å². The summed E-state index contributed by atoms with van der Waals surface area (Å²) >= 11 is 0. The third kappa shape index (κ3) is 4.62. The van der Waals surface area contributed by atoms with Gasteiger partial charge in [-0.1, -0.05) is 44.2 Å². The number of benzene rings is 2. The lowest BCUT2D eigenvalue weighted by atomic mass is 9.98. The summed E-state index contributed by atoms with van der Waals surface area (Å²) in [5, 5.41) is 8.23. The summed E-state index contributed by atoms with van der Waals surface area (Å²) in [6.07, 6.45) is -2.56. The molecule has 1 unspecified atom stereocenters. The van der Waals surface area contributed by atoms with Crippen molar-refractivity contribution in [2.24, 2.45) is 5.92 Å². The number of nitrogens with one attached hydrogen (secondary N) is 1. The molecule has 0 bridgehead atoms. The highest BCUT2D eigenvalue weighted by Crippen LogP contribution is 2.30. The van der Waals surface area contributed by atoms with Crippen molar-refractivity contribution >= 4 is 0 Å². The molecule has 0 amide bonds. The number of alkyl halides is 3. The van der Waals surface area contributed by atoms with Gasteiger partial charge < -0.3 is 5.32 Å². The largest absolute Gasteiger partial charge is 0.416 e. The second-order valence-electron chi connectivity index (χ2n) is 7.25. The number of halogens is 3. The van der Waals surface area contributed by atoms with Crippen LogP contribution in [0.4, 0.5) is 13.2 Å². The molecule has 0 fully saturated rings. The number of nitrogens with zero attached hydrogens (tertiary/aromatic N) is 2. The van der Waals surface area contributed by atoms with Crippen LogP contribution in [-0.4, -0.2) is 9.78 Å². The van der Waals surface area contributed by atoms with E-state index in [1.165, 1.54) is 17.7 Å². The third-order valence-corrected chi connectivity index (χ3v) is 4.78. The van der Waals surface area contributed by atoms with E-state index in [0.717, 1.165) is 17.8 Å². The van der Waals surface area contributed by atoms with E-state index < -0.39 is 11.7 Å². The molecule has 0 aliphatic heterocycles. The van der Waals surface area contributed by atoms with Gasteiger partial charge in [0, 0.05) is 12.2 Å². The molecule has 0 saturated carbocycles. The van der Waals surface area contributed by atoms with Crippen LogP contribution in [0.15, 0.2) is 66.9 Å². The first-order chi connectivity index (χ1) is 13.3. The summed E-state index contributed by atoms with van der Waals surface area (Å²) in [6, 6.07) is 17.3. The van der Waals surface area contributed by atoms with Gasteiger partial charge in [0.05, 0.1) is 23.0 Å². The van der Waals surface area contributed by atoms with Gasteiger partial charge in [0.25, 0.3) is 0 Å². The van der Waals surface area contributed by atoms with Crippen LogP contribution in [0.3, 0.4) is 0 Å². The smallest absolute Gasteiger partial charge is 0.302 e. The number of rotatable bonds is 6. The number of hydrogen-bond donors (Lipinski definition) is 1. The molecular formula is C22H24F3N3. The van der Waals surface area contributed by atoms with Crippen molar-refractivity contribution in [1.82, 2.24) is 15.1 Å². The highest BCUT2D eigenvalue weighted by Gasteiger charge is 2.30. The summed E-state index contributed by atoms with van der Waals surface area (Å²) in [5.74, 6) is 0.294. The summed E-state index contributed by atoms with van der Waals surface area (Å²) in [7, 11) is 0. The van der Waals surface area contributed by atoms with Crippen LogP contribution in [0.2, 0.25) is 0 Å². The lowest BCUT2D eigenvalue weighted by molar-refractivity contribution is -0.137. The molecule has 28 heavy (non-hydrogen) atoms. The first kappa shape index (κ1) is 20.1. The maximum Gasteiger partial charge on any atom is 0.416 e. The fourth-order valence-electron chi connectivity index (χ4n) is 3.18. The van der Waals surface area contributed by atoms with Gasteiger partial charge in [-0.25, -0.2) is 4.68 Å². The van der Waals surface area contributed by atoms with Crippen molar-refractivity contribution in [3.63, 3.8) is 0 Å². The summed E-state index contributed by atoms with van der Waals surface area (Å²) < 4.78 is 39.9. The van der Waals surface area contributed by atoms with Crippen molar-refractivity contribution in [3.8, 4) is 5.69 Å². The highest BCUT2D eigenvalue weighted by atomic mass is 19.4. The second kappa shape index (κ2) is 8.19. The van der Waals surface area contributed by atoms with Gasteiger partial charge >= 0.3 is 6.18 Å². The summed E-state index contributed by atoms with van der Waals surface area (Å²) in [5.41, 5.74) is 1.98. The first-order valence-electron chi connectivity index (χ1n) is 9.30. The third-order valence-electron chi connectivity index (χ3n) is 4.78. The van der Waals surface area contributed by atoms with Crippen LogP contribution >= 0.6 is 0 Å². The quantitative estimate of drug-likeness (QED) is 0.567. The lowest BCUT2D eigenvalue weighted by Crippen LogP contribution is -2.29. The minimum absolute atomic E-state index is 0.0194. The molecule has 0 spiro atoms. The Labute approximate surface area is 163 Å². The maximum atomic E-state index is 12.8. The SMILES string of the molecule is CC(N[C@@H](c1ccn(-c2ccc(C(F)(F)F)cc2)n1)C(C)C)c1ccccc1. The molecule has 0 radical (unpaired) electrons. The zero-order valence-corrected chi connectivity index (χ0v) is 16.1. The molecule has 1 aromatic heterocycles. The van der Waals surface area contributed by atoms with Crippen LogP contribution in [0.1, 0.15) is 49.7 Å².